The van der Waals surface area contributed by atoms with E-state index in [9.17, 15) is 27.6 Å². The van der Waals surface area contributed by atoms with E-state index in [2.05, 4.69) is 5.32 Å². The highest BCUT2D eigenvalue weighted by atomic mass is 19.4. The van der Waals surface area contributed by atoms with Gasteiger partial charge in [0.2, 0.25) is 5.91 Å². The highest BCUT2D eigenvalue weighted by Crippen LogP contribution is 2.26. The van der Waals surface area contributed by atoms with E-state index < -0.39 is 29.2 Å². The zero-order valence-corrected chi connectivity index (χ0v) is 13.2. The topological polar surface area (TPSA) is 82.3 Å². The lowest BCUT2D eigenvalue weighted by Gasteiger charge is -2.35. The molecule has 0 aliphatic carbocycles. The number of nitrogens with one attached hydrogen (secondary N) is 2. The second kappa shape index (κ2) is 6.66. The third kappa shape index (κ3) is 3.77. The summed E-state index contributed by atoms with van der Waals surface area (Å²) in [5, 5.41) is 2.66. The molecular formula is C15H18F3N3O3. The number of halogens is 3. The number of aromatic nitrogens is 1. The Kier molecular flexibility index (Phi) is 5.00. The van der Waals surface area contributed by atoms with Gasteiger partial charge < -0.3 is 15.2 Å². The molecule has 1 atom stereocenters. The average molecular weight is 345 g/mol. The summed E-state index contributed by atoms with van der Waals surface area (Å²) < 4.78 is 37.9. The van der Waals surface area contributed by atoms with Crippen molar-refractivity contribution in [1.29, 1.82) is 0 Å². The molecule has 132 valence electrons. The number of rotatable bonds is 3. The van der Waals surface area contributed by atoms with E-state index >= 15 is 0 Å². The lowest BCUT2D eigenvalue weighted by Crippen LogP contribution is -2.57. The highest BCUT2D eigenvalue weighted by molar-refractivity contribution is 5.96. The average Bonchev–Trinajstić information content (AvgIpc) is 2.46. The molecule has 0 aromatic carbocycles. The molecule has 1 aliphatic heterocycles. The van der Waals surface area contributed by atoms with Crippen LogP contribution in [0.5, 0.6) is 0 Å². The standard InChI is InChI=1S/C15H18F3N3O3/c1-8(2)7-11-13(23)19-5-6-21(11)14(24)10-4-3-9(12(22)20-10)15(16,17)18/h3-4,8,11H,5-7H2,1-2H3,(H,19,23)(H,20,22). The van der Waals surface area contributed by atoms with Gasteiger partial charge in [-0.1, -0.05) is 13.8 Å². The Morgan fingerprint density at radius 3 is 2.54 bits per heavy atom. The number of carbonyl (C=O) groups excluding carboxylic acids is 2. The molecule has 0 saturated carbocycles. The Balaban J connectivity index is 2.31. The molecular weight excluding hydrogens is 327 g/mol. The molecule has 1 saturated heterocycles. The van der Waals surface area contributed by atoms with E-state index in [1.807, 2.05) is 18.8 Å². The summed E-state index contributed by atoms with van der Waals surface area (Å²) in [6.45, 7) is 4.27. The fourth-order valence-electron chi connectivity index (χ4n) is 2.61. The van der Waals surface area contributed by atoms with Crippen LogP contribution in [-0.2, 0) is 11.0 Å². The molecule has 1 aromatic heterocycles. The molecule has 24 heavy (non-hydrogen) atoms. The molecule has 1 unspecified atom stereocenters. The van der Waals surface area contributed by atoms with Crippen LogP contribution >= 0.6 is 0 Å². The van der Waals surface area contributed by atoms with Gasteiger partial charge >= 0.3 is 6.18 Å². The number of alkyl halides is 3. The Morgan fingerprint density at radius 1 is 1.33 bits per heavy atom. The van der Waals surface area contributed by atoms with Gasteiger partial charge in [0.25, 0.3) is 11.5 Å². The van der Waals surface area contributed by atoms with Crippen molar-refractivity contribution in [3.63, 3.8) is 0 Å². The van der Waals surface area contributed by atoms with Crippen LogP contribution in [0.15, 0.2) is 16.9 Å². The van der Waals surface area contributed by atoms with Crippen molar-refractivity contribution < 1.29 is 22.8 Å². The van der Waals surface area contributed by atoms with Gasteiger partial charge in [0, 0.05) is 13.1 Å². The van der Waals surface area contributed by atoms with Gasteiger partial charge in [0.05, 0.1) is 0 Å². The molecule has 1 fully saturated rings. The van der Waals surface area contributed by atoms with Crippen LogP contribution < -0.4 is 10.9 Å². The predicted molar refractivity (Wildman–Crippen MR) is 79.4 cm³/mol. The van der Waals surface area contributed by atoms with E-state index in [1.54, 1.807) is 0 Å². The van der Waals surface area contributed by atoms with Crippen LogP contribution in [0.3, 0.4) is 0 Å². The number of hydrogen-bond donors (Lipinski definition) is 2. The monoisotopic (exact) mass is 345 g/mol. The van der Waals surface area contributed by atoms with Crippen LogP contribution in [-0.4, -0.2) is 40.8 Å². The summed E-state index contributed by atoms with van der Waals surface area (Å²) >= 11 is 0. The maximum atomic E-state index is 12.6. The minimum absolute atomic E-state index is 0.140. The lowest BCUT2D eigenvalue weighted by atomic mass is 9.99. The fraction of sp³-hybridized carbons (Fsp3) is 0.533. The van der Waals surface area contributed by atoms with Crippen molar-refractivity contribution >= 4 is 11.8 Å². The van der Waals surface area contributed by atoms with Crippen molar-refractivity contribution in [1.82, 2.24) is 15.2 Å². The Morgan fingerprint density at radius 2 is 2.00 bits per heavy atom. The van der Waals surface area contributed by atoms with Gasteiger partial charge in [-0.05, 0) is 24.5 Å². The zero-order chi connectivity index (χ0) is 18.1. The Labute approximate surface area is 136 Å². The quantitative estimate of drug-likeness (QED) is 0.868. The molecule has 2 N–H and O–H groups in total. The molecule has 0 radical (unpaired) electrons. The second-order valence-electron chi connectivity index (χ2n) is 6.05. The largest absolute Gasteiger partial charge is 0.421 e. The van der Waals surface area contributed by atoms with Crippen LogP contribution in [0, 0.1) is 5.92 Å². The molecule has 2 amide bonds. The first-order valence-corrected chi connectivity index (χ1v) is 7.50. The third-order valence-electron chi connectivity index (χ3n) is 3.73. The van der Waals surface area contributed by atoms with Gasteiger partial charge in [-0.25, -0.2) is 0 Å². The van der Waals surface area contributed by atoms with Crippen molar-refractivity contribution in [3.8, 4) is 0 Å². The molecule has 6 nitrogen and oxygen atoms in total. The van der Waals surface area contributed by atoms with E-state index in [1.165, 1.54) is 4.90 Å². The van der Waals surface area contributed by atoms with Gasteiger partial charge in [-0.2, -0.15) is 13.2 Å². The molecule has 2 heterocycles. The van der Waals surface area contributed by atoms with Crippen molar-refractivity contribution in [2.45, 2.75) is 32.5 Å². The summed E-state index contributed by atoms with van der Waals surface area (Å²) in [5.74, 6) is -0.834. The number of hydrogen-bond acceptors (Lipinski definition) is 3. The van der Waals surface area contributed by atoms with Crippen molar-refractivity contribution in [3.05, 3.63) is 33.7 Å². The van der Waals surface area contributed by atoms with E-state index in [-0.39, 0.29) is 30.6 Å². The normalized spacial score (nSPS) is 18.7. The number of carbonyl (C=O) groups is 2. The maximum absolute atomic E-state index is 12.6. The van der Waals surface area contributed by atoms with Crippen LogP contribution in [0.1, 0.15) is 36.3 Å². The number of pyridine rings is 1. The lowest BCUT2D eigenvalue weighted by molar-refractivity contribution is -0.138. The first-order chi connectivity index (χ1) is 11.1. The van der Waals surface area contributed by atoms with E-state index in [0.717, 1.165) is 6.07 Å². The summed E-state index contributed by atoms with van der Waals surface area (Å²) in [4.78, 5) is 39.4. The Hall–Kier alpha value is -2.32. The van der Waals surface area contributed by atoms with Gasteiger partial charge in [0.15, 0.2) is 0 Å². The smallest absolute Gasteiger partial charge is 0.353 e. The molecule has 2 rings (SSSR count). The maximum Gasteiger partial charge on any atom is 0.421 e. The molecule has 9 heteroatoms. The Bertz CT molecular complexity index is 697. The summed E-state index contributed by atoms with van der Waals surface area (Å²) in [6, 6.07) is 0.788. The summed E-state index contributed by atoms with van der Waals surface area (Å²) in [7, 11) is 0. The number of aromatic amines is 1. The molecule has 1 aliphatic rings. The predicted octanol–water partition coefficient (Wildman–Crippen LogP) is 1.38. The first kappa shape index (κ1) is 18.0. The SMILES string of the molecule is CC(C)CC1C(=O)NCCN1C(=O)c1ccc(C(F)(F)F)c(=O)[nH]1. The zero-order valence-electron chi connectivity index (χ0n) is 13.2. The number of H-pyrrole nitrogens is 1. The fourth-order valence-corrected chi connectivity index (χ4v) is 2.61. The number of piperazine rings is 1. The van der Waals surface area contributed by atoms with Gasteiger partial charge in [0.1, 0.15) is 17.3 Å². The second-order valence-corrected chi connectivity index (χ2v) is 6.05. The molecule has 1 aromatic rings. The number of amides is 2. The minimum Gasteiger partial charge on any atom is -0.353 e. The van der Waals surface area contributed by atoms with E-state index in [0.29, 0.717) is 12.5 Å². The molecule has 0 bridgehead atoms. The van der Waals surface area contributed by atoms with Crippen molar-refractivity contribution in [2.75, 3.05) is 13.1 Å². The van der Waals surface area contributed by atoms with Gasteiger partial charge in [-0.15, -0.1) is 0 Å². The molecule has 0 spiro atoms. The van der Waals surface area contributed by atoms with Crippen molar-refractivity contribution in [2.24, 2.45) is 5.92 Å². The summed E-state index contributed by atoms with van der Waals surface area (Å²) in [5.41, 5.74) is -3.01. The highest BCUT2D eigenvalue weighted by Gasteiger charge is 2.36. The van der Waals surface area contributed by atoms with E-state index in [4.69, 9.17) is 0 Å². The number of nitrogens with zero attached hydrogens (tertiary/aromatic N) is 1. The van der Waals surface area contributed by atoms with Crippen LogP contribution in [0.25, 0.3) is 0 Å². The van der Waals surface area contributed by atoms with Crippen LogP contribution in [0.4, 0.5) is 13.2 Å². The summed E-state index contributed by atoms with van der Waals surface area (Å²) in [6.07, 6.45) is -4.37. The van der Waals surface area contributed by atoms with Crippen LogP contribution in [0.2, 0.25) is 0 Å². The first-order valence-electron chi connectivity index (χ1n) is 7.50. The third-order valence-corrected chi connectivity index (χ3v) is 3.73. The van der Waals surface area contributed by atoms with Gasteiger partial charge in [-0.3, -0.25) is 14.4 Å². The minimum atomic E-state index is -4.79.